The van der Waals surface area contributed by atoms with E-state index in [9.17, 15) is 9.18 Å². The van der Waals surface area contributed by atoms with Crippen LogP contribution in [0.15, 0.2) is 6.33 Å². The van der Waals surface area contributed by atoms with Crippen LogP contribution in [0.4, 0.5) is 15.3 Å². The van der Waals surface area contributed by atoms with Crippen molar-refractivity contribution in [3.8, 4) is 0 Å². The number of nitrogens with zero attached hydrogens (tertiary/aromatic N) is 5. The second kappa shape index (κ2) is 7.30. The molecular formula is C18H20FN7O2S. The number of carbonyl (C=O) groups is 1. The number of thiazole rings is 1. The maximum atomic E-state index is 13.6. The van der Waals surface area contributed by atoms with E-state index in [1.807, 2.05) is 4.57 Å². The molecule has 5 rings (SSSR count). The lowest BCUT2D eigenvalue weighted by Gasteiger charge is -2.28. The van der Waals surface area contributed by atoms with Gasteiger partial charge in [0.1, 0.15) is 5.52 Å². The minimum absolute atomic E-state index is 0.00330. The number of nitrogen functional groups attached to an aromatic ring is 1. The van der Waals surface area contributed by atoms with Gasteiger partial charge in [-0.3, -0.25) is 4.79 Å². The maximum Gasteiger partial charge on any atom is 0.312 e. The Morgan fingerprint density at radius 1 is 1.28 bits per heavy atom. The van der Waals surface area contributed by atoms with Gasteiger partial charge in [-0.15, -0.1) is 0 Å². The number of rotatable bonds is 3. The molecule has 3 aromatic heterocycles. The molecule has 0 unspecified atom stereocenters. The van der Waals surface area contributed by atoms with Crippen LogP contribution < -0.4 is 11.1 Å². The molecule has 9 nitrogen and oxygen atoms in total. The molecule has 0 atom stereocenters. The lowest BCUT2D eigenvalue weighted by Crippen LogP contribution is -2.28. The Bertz CT molecular complexity index is 1050. The first kappa shape index (κ1) is 18.4. The van der Waals surface area contributed by atoms with E-state index in [0.717, 1.165) is 42.7 Å². The van der Waals surface area contributed by atoms with E-state index >= 15 is 0 Å². The summed E-state index contributed by atoms with van der Waals surface area (Å²) in [6, 6.07) is 0.0991. The minimum Gasteiger partial charge on any atom is -0.382 e. The molecule has 1 aliphatic heterocycles. The molecule has 0 saturated heterocycles. The number of hydrogen-bond acceptors (Lipinski definition) is 8. The largest absolute Gasteiger partial charge is 0.382 e. The Morgan fingerprint density at radius 3 is 2.90 bits per heavy atom. The Labute approximate surface area is 169 Å². The van der Waals surface area contributed by atoms with Crippen LogP contribution in [0.2, 0.25) is 0 Å². The Hall–Kier alpha value is -2.66. The number of anilines is 2. The molecule has 1 fully saturated rings. The van der Waals surface area contributed by atoms with E-state index in [1.54, 1.807) is 6.33 Å². The first-order valence-electron chi connectivity index (χ1n) is 9.61. The number of nitrogens with one attached hydrogen (secondary N) is 1. The first-order chi connectivity index (χ1) is 14.1. The molecule has 1 aliphatic carbocycles. The van der Waals surface area contributed by atoms with Crippen LogP contribution in [0, 0.1) is 12.0 Å². The highest BCUT2D eigenvalue weighted by Crippen LogP contribution is 2.35. The van der Waals surface area contributed by atoms with Crippen LogP contribution in [0.1, 0.15) is 42.3 Å². The molecule has 1 amide bonds. The lowest BCUT2D eigenvalue weighted by atomic mass is 9.85. The molecule has 3 aromatic rings. The Kier molecular flexibility index (Phi) is 4.63. The number of fused-ring (bicyclic) bond motifs is 2. The number of aromatic nitrogens is 5. The van der Waals surface area contributed by atoms with E-state index in [0.29, 0.717) is 29.5 Å². The van der Waals surface area contributed by atoms with E-state index in [4.69, 9.17) is 10.5 Å². The van der Waals surface area contributed by atoms with Gasteiger partial charge >= 0.3 is 6.08 Å². The van der Waals surface area contributed by atoms with Crippen LogP contribution in [0.3, 0.4) is 0 Å². The molecule has 1 saturated carbocycles. The molecule has 3 N–H and O–H groups in total. The van der Waals surface area contributed by atoms with Gasteiger partial charge < -0.3 is 20.4 Å². The Balaban J connectivity index is 1.25. The number of hydrogen-bond donors (Lipinski definition) is 2. The fourth-order valence-corrected chi connectivity index (χ4v) is 5.03. The molecule has 29 heavy (non-hydrogen) atoms. The number of ether oxygens (including phenoxy) is 1. The van der Waals surface area contributed by atoms with E-state index in [2.05, 4.69) is 25.3 Å². The summed E-state index contributed by atoms with van der Waals surface area (Å²) in [4.78, 5) is 29.9. The van der Waals surface area contributed by atoms with Gasteiger partial charge in [-0.2, -0.15) is 14.4 Å². The van der Waals surface area contributed by atoms with Crippen molar-refractivity contribution in [3.63, 3.8) is 0 Å². The van der Waals surface area contributed by atoms with Crippen molar-refractivity contribution in [1.82, 2.24) is 24.5 Å². The normalized spacial score (nSPS) is 21.8. The van der Waals surface area contributed by atoms with Crippen molar-refractivity contribution in [2.75, 3.05) is 17.7 Å². The summed E-state index contributed by atoms with van der Waals surface area (Å²) in [5, 5.41) is 3.62. The number of imidazole rings is 1. The van der Waals surface area contributed by atoms with Gasteiger partial charge in [0.25, 0.3) is 0 Å². The predicted octanol–water partition coefficient (Wildman–Crippen LogP) is 2.45. The molecule has 0 bridgehead atoms. The SMILES string of the molecule is Nc1nc(F)nc2c1ncn2C1CCC(C(=O)Nc2nc3c(s2)COCC3)CC1. The highest BCUT2D eigenvalue weighted by atomic mass is 32.1. The second-order valence-electron chi connectivity index (χ2n) is 7.39. The van der Waals surface area contributed by atoms with Crippen LogP contribution >= 0.6 is 11.3 Å². The van der Waals surface area contributed by atoms with Crippen molar-refractivity contribution in [1.29, 1.82) is 0 Å². The first-order valence-corrected chi connectivity index (χ1v) is 10.4. The van der Waals surface area contributed by atoms with Gasteiger partial charge in [0, 0.05) is 18.4 Å². The minimum atomic E-state index is -0.860. The zero-order chi connectivity index (χ0) is 20.0. The average Bonchev–Trinajstić information content (AvgIpc) is 3.31. The van der Waals surface area contributed by atoms with E-state index in [1.165, 1.54) is 11.3 Å². The zero-order valence-corrected chi connectivity index (χ0v) is 16.4. The number of halogens is 1. The summed E-state index contributed by atoms with van der Waals surface area (Å²) in [5.41, 5.74) is 7.57. The van der Waals surface area contributed by atoms with Gasteiger partial charge in [0.2, 0.25) is 5.91 Å². The summed E-state index contributed by atoms with van der Waals surface area (Å²) in [5.74, 6) is -0.0333. The standard InChI is InChI=1S/C18H20FN7O2S/c19-17-23-14(20)13-15(24-17)26(8-21-13)10-3-1-9(2-4-10)16(27)25-18-22-11-5-6-28-7-12(11)29-18/h8-10H,1-7H2,(H2,20,23,24)(H,22,25,27). The van der Waals surface area contributed by atoms with Crippen molar-refractivity contribution in [3.05, 3.63) is 23.0 Å². The van der Waals surface area contributed by atoms with Gasteiger partial charge in [-0.05, 0) is 25.7 Å². The van der Waals surface area contributed by atoms with E-state index < -0.39 is 6.08 Å². The summed E-state index contributed by atoms with van der Waals surface area (Å²) in [7, 11) is 0. The summed E-state index contributed by atoms with van der Waals surface area (Å²) in [6.45, 7) is 1.25. The van der Waals surface area contributed by atoms with Crippen LogP contribution in [-0.2, 0) is 22.6 Å². The highest BCUT2D eigenvalue weighted by Gasteiger charge is 2.29. The summed E-state index contributed by atoms with van der Waals surface area (Å²) in [6.07, 6.45) is 4.57. The topological polar surface area (TPSA) is 121 Å². The van der Waals surface area contributed by atoms with Crippen molar-refractivity contribution in [2.24, 2.45) is 5.92 Å². The zero-order valence-electron chi connectivity index (χ0n) is 15.6. The van der Waals surface area contributed by atoms with Gasteiger partial charge in [-0.25, -0.2) is 9.97 Å². The second-order valence-corrected chi connectivity index (χ2v) is 8.47. The predicted molar refractivity (Wildman–Crippen MR) is 105 cm³/mol. The molecule has 2 aliphatic rings. The average molecular weight is 417 g/mol. The quantitative estimate of drug-likeness (QED) is 0.628. The lowest BCUT2D eigenvalue weighted by molar-refractivity contribution is -0.120. The van der Waals surface area contributed by atoms with Crippen molar-refractivity contribution in [2.45, 2.75) is 44.8 Å². The van der Waals surface area contributed by atoms with Crippen LogP contribution in [-0.4, -0.2) is 37.0 Å². The fourth-order valence-electron chi connectivity index (χ4n) is 4.08. The van der Waals surface area contributed by atoms with Gasteiger partial charge in [0.15, 0.2) is 16.6 Å². The van der Waals surface area contributed by atoms with Gasteiger partial charge in [-0.1, -0.05) is 11.3 Å². The molecule has 4 heterocycles. The Morgan fingerprint density at radius 2 is 2.10 bits per heavy atom. The smallest absolute Gasteiger partial charge is 0.312 e. The third-order valence-corrected chi connectivity index (χ3v) is 6.59. The molecule has 0 aromatic carbocycles. The van der Waals surface area contributed by atoms with Crippen molar-refractivity contribution < 1.29 is 13.9 Å². The maximum absolute atomic E-state index is 13.6. The number of amides is 1. The summed E-state index contributed by atoms with van der Waals surface area (Å²) >= 11 is 1.49. The third-order valence-electron chi connectivity index (χ3n) is 5.61. The molecular weight excluding hydrogens is 397 g/mol. The molecule has 0 spiro atoms. The monoisotopic (exact) mass is 417 g/mol. The van der Waals surface area contributed by atoms with Crippen LogP contribution in [0.5, 0.6) is 0 Å². The molecule has 0 radical (unpaired) electrons. The summed E-state index contributed by atoms with van der Waals surface area (Å²) < 4.78 is 20.9. The third kappa shape index (κ3) is 3.44. The molecule has 11 heteroatoms. The number of nitrogens with two attached hydrogens (primary N) is 1. The number of carbonyl (C=O) groups excluding carboxylic acids is 1. The fraction of sp³-hybridized carbons (Fsp3) is 0.500. The van der Waals surface area contributed by atoms with Crippen molar-refractivity contribution >= 4 is 39.4 Å². The van der Waals surface area contributed by atoms with Crippen LogP contribution in [0.25, 0.3) is 11.2 Å². The molecule has 152 valence electrons. The van der Waals surface area contributed by atoms with Gasteiger partial charge in [0.05, 0.1) is 30.1 Å². The van der Waals surface area contributed by atoms with E-state index in [-0.39, 0.29) is 23.7 Å². The highest BCUT2D eigenvalue weighted by molar-refractivity contribution is 7.15.